The van der Waals surface area contributed by atoms with E-state index in [-0.39, 0.29) is 10.7 Å². The Labute approximate surface area is 110 Å². The Morgan fingerprint density at radius 3 is 2.39 bits per heavy atom. The molecule has 1 heterocycles. The predicted molar refractivity (Wildman–Crippen MR) is 74.8 cm³/mol. The lowest BCUT2D eigenvalue weighted by atomic mass is 9.91. The molecule has 0 aliphatic carbocycles. The number of anilines is 1. The van der Waals surface area contributed by atoms with Crippen LogP contribution in [0.1, 0.15) is 31.9 Å². The second-order valence-corrected chi connectivity index (χ2v) is 8.33. The van der Waals surface area contributed by atoms with E-state index in [1.807, 2.05) is 40.7 Å². The number of sulfone groups is 1. The lowest BCUT2D eigenvalue weighted by Gasteiger charge is -2.35. The van der Waals surface area contributed by atoms with E-state index in [1.54, 1.807) is 6.07 Å². The first kappa shape index (κ1) is 13.4. The highest BCUT2D eigenvalue weighted by atomic mass is 32.2. The molecule has 0 radical (unpaired) electrons. The number of hydrogen-bond donors (Lipinski definition) is 1. The standard InChI is InChI=1S/C14H21NO2S/c1-9-6-10(2)13-11(7-9)18(16,17)12(8-15-13)14(3,4)5/h6-7,12,15H,8H2,1-5H3. The summed E-state index contributed by atoms with van der Waals surface area (Å²) in [4.78, 5) is 0.464. The molecule has 0 amide bonds. The van der Waals surface area contributed by atoms with Gasteiger partial charge in [-0.2, -0.15) is 0 Å². The molecule has 0 spiro atoms. The third-order valence-corrected chi connectivity index (χ3v) is 6.11. The summed E-state index contributed by atoms with van der Waals surface area (Å²) in [5.74, 6) is 0. The van der Waals surface area contributed by atoms with E-state index in [1.165, 1.54) is 0 Å². The number of fused-ring (bicyclic) bond motifs is 1. The van der Waals surface area contributed by atoms with Crippen LogP contribution in [0.25, 0.3) is 0 Å². The van der Waals surface area contributed by atoms with E-state index >= 15 is 0 Å². The fourth-order valence-electron chi connectivity index (χ4n) is 2.61. The van der Waals surface area contributed by atoms with Crippen molar-refractivity contribution in [2.75, 3.05) is 11.9 Å². The molecule has 1 aromatic carbocycles. The first-order valence-electron chi connectivity index (χ1n) is 6.23. The minimum absolute atomic E-state index is 0.263. The average Bonchev–Trinajstić information content (AvgIpc) is 2.17. The fraction of sp³-hybridized carbons (Fsp3) is 0.571. The zero-order chi connectivity index (χ0) is 13.7. The highest BCUT2D eigenvalue weighted by Crippen LogP contribution is 2.39. The third-order valence-electron chi connectivity index (χ3n) is 3.55. The molecule has 0 saturated carbocycles. The normalized spacial score (nSPS) is 22.2. The number of rotatable bonds is 0. The summed E-state index contributed by atoms with van der Waals surface area (Å²) in [6.45, 7) is 10.3. The van der Waals surface area contributed by atoms with Crippen LogP contribution in [0.3, 0.4) is 0 Å². The largest absolute Gasteiger partial charge is 0.382 e. The van der Waals surface area contributed by atoms with Crippen LogP contribution in [0.15, 0.2) is 17.0 Å². The summed E-state index contributed by atoms with van der Waals surface area (Å²) in [6.07, 6.45) is 0. The molecule has 1 unspecified atom stereocenters. The van der Waals surface area contributed by atoms with Crippen molar-refractivity contribution in [3.8, 4) is 0 Å². The van der Waals surface area contributed by atoms with E-state index in [9.17, 15) is 8.42 Å². The van der Waals surface area contributed by atoms with Crippen molar-refractivity contribution in [1.29, 1.82) is 0 Å². The smallest absolute Gasteiger partial charge is 0.185 e. The van der Waals surface area contributed by atoms with E-state index in [0.717, 1.165) is 16.8 Å². The van der Waals surface area contributed by atoms with Gasteiger partial charge in [0.2, 0.25) is 0 Å². The second-order valence-electron chi connectivity index (χ2n) is 6.24. The maximum absolute atomic E-state index is 12.7. The molecule has 100 valence electrons. The minimum Gasteiger partial charge on any atom is -0.382 e. The van der Waals surface area contributed by atoms with Gasteiger partial charge in [0.25, 0.3) is 0 Å². The van der Waals surface area contributed by atoms with Gasteiger partial charge in [-0.25, -0.2) is 8.42 Å². The van der Waals surface area contributed by atoms with Gasteiger partial charge < -0.3 is 5.32 Å². The zero-order valence-corrected chi connectivity index (χ0v) is 12.5. The Hall–Kier alpha value is -1.03. The van der Waals surface area contributed by atoms with Gasteiger partial charge in [-0.05, 0) is 36.5 Å². The van der Waals surface area contributed by atoms with E-state index in [0.29, 0.717) is 11.4 Å². The number of aryl methyl sites for hydroxylation is 2. The quantitative estimate of drug-likeness (QED) is 0.786. The van der Waals surface area contributed by atoms with Crippen LogP contribution in [0.4, 0.5) is 5.69 Å². The number of hydrogen-bond acceptors (Lipinski definition) is 3. The lowest BCUT2D eigenvalue weighted by molar-refractivity contribution is 0.382. The number of benzene rings is 1. The average molecular weight is 267 g/mol. The molecule has 4 heteroatoms. The van der Waals surface area contributed by atoms with Crippen molar-refractivity contribution in [3.63, 3.8) is 0 Å². The predicted octanol–water partition coefficient (Wildman–Crippen LogP) is 2.92. The van der Waals surface area contributed by atoms with Gasteiger partial charge in [0, 0.05) is 6.54 Å². The van der Waals surface area contributed by atoms with Crippen LogP contribution >= 0.6 is 0 Å². The molecule has 0 bridgehead atoms. The van der Waals surface area contributed by atoms with Gasteiger partial charge in [0.15, 0.2) is 9.84 Å². The lowest BCUT2D eigenvalue weighted by Crippen LogP contribution is -2.43. The van der Waals surface area contributed by atoms with Crippen LogP contribution in [-0.2, 0) is 9.84 Å². The highest BCUT2D eigenvalue weighted by molar-refractivity contribution is 7.92. The molecule has 0 aromatic heterocycles. The monoisotopic (exact) mass is 267 g/mol. The third kappa shape index (κ3) is 2.03. The summed E-state index contributed by atoms with van der Waals surface area (Å²) in [5.41, 5.74) is 2.51. The van der Waals surface area contributed by atoms with Gasteiger partial charge in [0.1, 0.15) is 0 Å². The SMILES string of the molecule is Cc1cc(C)c2c(c1)S(=O)(=O)C(C(C)(C)C)CN2. The molecule has 1 aliphatic heterocycles. The molecule has 3 nitrogen and oxygen atoms in total. The van der Waals surface area contributed by atoms with Gasteiger partial charge in [0.05, 0.1) is 15.8 Å². The highest BCUT2D eigenvalue weighted by Gasteiger charge is 2.41. The molecule has 1 N–H and O–H groups in total. The van der Waals surface area contributed by atoms with E-state index < -0.39 is 9.84 Å². The summed E-state index contributed by atoms with van der Waals surface area (Å²) in [5, 5.41) is 2.91. The van der Waals surface area contributed by atoms with Crippen LogP contribution in [-0.4, -0.2) is 20.2 Å². The Morgan fingerprint density at radius 2 is 1.83 bits per heavy atom. The summed E-state index contributed by atoms with van der Waals surface area (Å²) in [6, 6.07) is 3.79. The molecule has 1 aromatic rings. The molecule has 1 atom stereocenters. The molecular formula is C14H21NO2S. The topological polar surface area (TPSA) is 46.2 Å². The van der Waals surface area contributed by atoms with Crippen molar-refractivity contribution in [2.24, 2.45) is 5.41 Å². The molecule has 0 fully saturated rings. The second kappa shape index (κ2) is 3.98. The molecular weight excluding hydrogens is 246 g/mol. The molecule has 18 heavy (non-hydrogen) atoms. The van der Waals surface area contributed by atoms with E-state index in [4.69, 9.17) is 0 Å². The first-order chi connectivity index (χ1) is 8.14. The summed E-state index contributed by atoms with van der Waals surface area (Å²) in [7, 11) is -3.25. The van der Waals surface area contributed by atoms with Gasteiger partial charge in [-0.3, -0.25) is 0 Å². The van der Waals surface area contributed by atoms with Crippen molar-refractivity contribution < 1.29 is 8.42 Å². The van der Waals surface area contributed by atoms with Crippen LogP contribution in [0, 0.1) is 19.3 Å². The maximum atomic E-state index is 12.7. The van der Waals surface area contributed by atoms with Crippen molar-refractivity contribution in [1.82, 2.24) is 0 Å². The Morgan fingerprint density at radius 1 is 1.22 bits per heavy atom. The van der Waals surface area contributed by atoms with Gasteiger partial charge in [-0.15, -0.1) is 0 Å². The van der Waals surface area contributed by atoms with E-state index in [2.05, 4.69) is 5.32 Å². The van der Waals surface area contributed by atoms with Crippen molar-refractivity contribution in [3.05, 3.63) is 23.3 Å². The molecule has 2 rings (SSSR count). The van der Waals surface area contributed by atoms with Gasteiger partial charge >= 0.3 is 0 Å². The minimum atomic E-state index is -3.25. The van der Waals surface area contributed by atoms with Crippen molar-refractivity contribution in [2.45, 2.75) is 44.8 Å². The Kier molecular flexibility index (Phi) is 2.97. The van der Waals surface area contributed by atoms with Crippen LogP contribution < -0.4 is 5.32 Å². The summed E-state index contributed by atoms with van der Waals surface area (Å²) >= 11 is 0. The molecule has 1 aliphatic rings. The van der Waals surface area contributed by atoms with Crippen LogP contribution in [0.2, 0.25) is 0 Å². The fourth-order valence-corrected chi connectivity index (χ4v) is 5.02. The zero-order valence-electron chi connectivity index (χ0n) is 11.7. The van der Waals surface area contributed by atoms with Gasteiger partial charge in [-0.1, -0.05) is 26.8 Å². The summed E-state index contributed by atoms with van der Waals surface area (Å²) < 4.78 is 25.4. The van der Waals surface area contributed by atoms with Crippen LogP contribution in [0.5, 0.6) is 0 Å². The Balaban J connectivity index is 2.66. The first-order valence-corrected chi connectivity index (χ1v) is 7.77. The number of nitrogens with one attached hydrogen (secondary N) is 1. The van der Waals surface area contributed by atoms with Crippen molar-refractivity contribution >= 4 is 15.5 Å². The maximum Gasteiger partial charge on any atom is 0.185 e. The molecule has 0 saturated heterocycles. The Bertz CT molecular complexity index is 583.